The average Bonchev–Trinajstić information content (AvgIpc) is 4.02. The van der Waals surface area contributed by atoms with Crippen molar-refractivity contribution in [3.05, 3.63) is 86.4 Å². The zero-order chi connectivity index (χ0) is 45.6. The number of carbonyl (C=O) groups excluding carboxylic acids is 4. The predicted molar refractivity (Wildman–Crippen MR) is 247 cm³/mol. The van der Waals surface area contributed by atoms with Crippen LogP contribution >= 0.6 is 23.2 Å². The van der Waals surface area contributed by atoms with E-state index in [4.69, 9.17) is 42.6 Å². The topological polar surface area (TPSA) is 141 Å². The zero-order valence-corrected chi connectivity index (χ0v) is 39.6. The number of imidazole rings is 2. The highest BCUT2D eigenvalue weighted by Crippen LogP contribution is 2.63. The first-order chi connectivity index (χ1) is 30.5. The standard InChI is InChI=1S/C49H61Cl2N7O6/c1-47(2,3)64-40(60)15-7-8-23-57-24-16-37-35(28-57)52-43(55(37)4)39(59)27-31-11-9-12-32(41(31)50)33-13-10-14-34(42(33)51)54-45(61)44-53-36-29-58(25-17-38(36)56(44)5)26-22-48-18-20-49(30-48,21-19-48)46(62)63-6/h9-14H,7-8,15-30H2,1-6H3,(H,54,61). The van der Waals surface area contributed by atoms with Crippen LogP contribution in [0.1, 0.15) is 128 Å². The lowest BCUT2D eigenvalue weighted by Crippen LogP contribution is -2.34. The van der Waals surface area contributed by atoms with E-state index in [1.165, 1.54) is 7.11 Å². The highest BCUT2D eigenvalue weighted by atomic mass is 35.5. The minimum absolute atomic E-state index is 0.0423. The maximum Gasteiger partial charge on any atom is 0.311 e. The number of ketones is 1. The van der Waals surface area contributed by atoms with E-state index >= 15 is 0 Å². The second kappa shape index (κ2) is 18.4. The molecule has 15 heteroatoms. The maximum atomic E-state index is 13.9. The van der Waals surface area contributed by atoms with Crippen molar-refractivity contribution >= 4 is 52.5 Å². The highest BCUT2D eigenvalue weighted by Gasteiger charge is 2.58. The number of hydrogen-bond acceptors (Lipinski definition) is 10. The van der Waals surface area contributed by atoms with Crippen LogP contribution in [0.3, 0.4) is 0 Å². The molecular formula is C49H61Cl2N7O6. The molecule has 64 heavy (non-hydrogen) atoms. The number of halogens is 2. The van der Waals surface area contributed by atoms with Crippen LogP contribution in [0.4, 0.5) is 5.69 Å². The molecule has 13 nitrogen and oxygen atoms in total. The molecule has 4 heterocycles. The molecule has 2 bridgehead atoms. The number of aromatic nitrogens is 4. The number of ether oxygens (including phenoxy) is 2. The number of nitrogens with zero attached hydrogens (tertiary/aromatic N) is 6. The minimum Gasteiger partial charge on any atom is -0.469 e. The number of nitrogens with one attached hydrogen (secondary N) is 1. The third-order valence-electron chi connectivity index (χ3n) is 14.2. The minimum atomic E-state index is -0.480. The lowest BCUT2D eigenvalue weighted by atomic mass is 9.80. The monoisotopic (exact) mass is 913 g/mol. The van der Waals surface area contributed by atoms with E-state index in [0.717, 1.165) is 113 Å². The second-order valence-electron chi connectivity index (χ2n) is 19.6. The van der Waals surface area contributed by atoms with Gasteiger partial charge in [0, 0.05) is 88.5 Å². The van der Waals surface area contributed by atoms with Crippen molar-refractivity contribution < 1.29 is 28.7 Å². The van der Waals surface area contributed by atoms with Gasteiger partial charge in [-0.3, -0.25) is 29.0 Å². The molecule has 342 valence electrons. The quantitative estimate of drug-likeness (QED) is 0.0701. The number of esters is 2. The van der Waals surface area contributed by atoms with Crippen LogP contribution in [0, 0.1) is 10.8 Å². The number of Topliss-reactive ketones (excluding diaryl/α,β-unsaturated/α-hetero) is 1. The van der Waals surface area contributed by atoms with E-state index in [2.05, 4.69) is 15.1 Å². The molecule has 0 spiro atoms. The number of rotatable bonds is 15. The van der Waals surface area contributed by atoms with Gasteiger partial charge in [0.2, 0.25) is 5.78 Å². The van der Waals surface area contributed by atoms with Crippen LogP contribution in [-0.4, -0.2) is 91.4 Å². The lowest BCUT2D eigenvalue weighted by Gasteiger charge is -2.32. The average molecular weight is 915 g/mol. The Bertz CT molecular complexity index is 2460. The number of benzene rings is 2. The number of methoxy groups -OCH3 is 1. The Morgan fingerprint density at radius 2 is 1.41 bits per heavy atom. The summed E-state index contributed by atoms with van der Waals surface area (Å²) in [5.41, 5.74) is 5.72. The van der Waals surface area contributed by atoms with Gasteiger partial charge in [-0.1, -0.05) is 53.5 Å². The molecule has 0 unspecified atom stereocenters. The fourth-order valence-electron chi connectivity index (χ4n) is 10.7. The van der Waals surface area contributed by atoms with Crippen molar-refractivity contribution in [3.63, 3.8) is 0 Å². The first kappa shape index (κ1) is 46.0. The summed E-state index contributed by atoms with van der Waals surface area (Å²) in [6.07, 6.45) is 9.63. The van der Waals surface area contributed by atoms with Gasteiger partial charge in [-0.05, 0) is 102 Å². The molecule has 1 amide bonds. The molecule has 4 aromatic rings. The molecule has 8 rings (SSSR count). The van der Waals surface area contributed by atoms with Gasteiger partial charge in [0.25, 0.3) is 5.91 Å². The highest BCUT2D eigenvalue weighted by molar-refractivity contribution is 6.39. The fourth-order valence-corrected chi connectivity index (χ4v) is 11.3. The Morgan fingerprint density at radius 1 is 0.797 bits per heavy atom. The van der Waals surface area contributed by atoms with Crippen LogP contribution < -0.4 is 5.32 Å². The Hall–Kier alpha value is -4.56. The number of carbonyl (C=O) groups is 4. The molecular weight excluding hydrogens is 853 g/mol. The fraction of sp³-hybridized carbons (Fsp3) is 0.551. The van der Waals surface area contributed by atoms with Crippen LogP contribution in [0.25, 0.3) is 11.1 Å². The number of hydrogen-bond donors (Lipinski definition) is 1. The molecule has 0 radical (unpaired) electrons. The summed E-state index contributed by atoms with van der Waals surface area (Å²) in [6, 6.07) is 11.0. The lowest BCUT2D eigenvalue weighted by molar-refractivity contribution is -0.155. The van der Waals surface area contributed by atoms with Crippen LogP contribution in [0.15, 0.2) is 36.4 Å². The van der Waals surface area contributed by atoms with Crippen LogP contribution in [0.5, 0.6) is 0 Å². The predicted octanol–water partition coefficient (Wildman–Crippen LogP) is 8.55. The number of amides is 1. The van der Waals surface area contributed by atoms with Crippen LogP contribution in [-0.2, 0) is 65.5 Å². The van der Waals surface area contributed by atoms with Crippen molar-refractivity contribution in [1.29, 1.82) is 0 Å². The zero-order valence-electron chi connectivity index (χ0n) is 38.1. The summed E-state index contributed by atoms with van der Waals surface area (Å²) in [5, 5.41) is 3.74. The van der Waals surface area contributed by atoms with E-state index in [1.54, 1.807) is 6.07 Å². The molecule has 1 N–H and O–H groups in total. The van der Waals surface area contributed by atoms with E-state index in [0.29, 0.717) is 63.6 Å². The first-order valence-corrected chi connectivity index (χ1v) is 23.5. The van der Waals surface area contributed by atoms with Crippen molar-refractivity contribution in [2.24, 2.45) is 24.9 Å². The van der Waals surface area contributed by atoms with E-state index in [9.17, 15) is 19.2 Å². The molecule has 2 aliphatic carbocycles. The molecule has 2 aliphatic heterocycles. The number of anilines is 1. The van der Waals surface area contributed by atoms with Gasteiger partial charge in [-0.2, -0.15) is 0 Å². The molecule has 0 atom stereocenters. The van der Waals surface area contributed by atoms with Crippen molar-refractivity contribution in [2.45, 2.75) is 117 Å². The molecule has 2 aromatic heterocycles. The maximum absolute atomic E-state index is 13.9. The van der Waals surface area contributed by atoms with Gasteiger partial charge in [-0.15, -0.1) is 0 Å². The largest absolute Gasteiger partial charge is 0.469 e. The summed E-state index contributed by atoms with van der Waals surface area (Å²) >= 11 is 14.1. The smallest absolute Gasteiger partial charge is 0.311 e. The van der Waals surface area contributed by atoms with Gasteiger partial charge in [0.05, 0.1) is 39.6 Å². The molecule has 2 saturated carbocycles. The summed E-state index contributed by atoms with van der Waals surface area (Å²) in [5.74, 6) is 0.00675. The normalized spacial score (nSPS) is 20.8. The Morgan fingerprint density at radius 3 is 2.06 bits per heavy atom. The third-order valence-corrected chi connectivity index (χ3v) is 15.0. The van der Waals surface area contributed by atoms with Gasteiger partial charge in [0.15, 0.2) is 11.6 Å². The molecule has 0 saturated heterocycles. The first-order valence-electron chi connectivity index (χ1n) is 22.7. The van der Waals surface area contributed by atoms with Gasteiger partial charge in [0.1, 0.15) is 5.60 Å². The number of unbranched alkanes of at least 4 members (excludes halogenated alkanes) is 1. The second-order valence-corrected chi connectivity index (χ2v) is 20.3. The Kier molecular flexibility index (Phi) is 13.2. The van der Waals surface area contributed by atoms with Crippen molar-refractivity contribution in [3.8, 4) is 11.1 Å². The Balaban J connectivity index is 0.883. The third kappa shape index (κ3) is 9.41. The number of fused-ring (bicyclic) bond motifs is 4. The summed E-state index contributed by atoms with van der Waals surface area (Å²) in [4.78, 5) is 66.8. The Labute approximate surface area is 386 Å². The SMILES string of the molecule is COC(=O)C12CCC(CCN3CCc4c(nc(C(=O)Nc5cccc(-c6cccc(CC(=O)c7nc8c(n7C)CCN(CCCCC(=O)OC(C)(C)C)C8)c6Cl)c5Cl)n4C)C3)(CC1)C2. The van der Waals surface area contributed by atoms with Crippen LogP contribution in [0.2, 0.25) is 10.0 Å². The molecule has 2 fully saturated rings. The van der Waals surface area contributed by atoms with Gasteiger partial charge >= 0.3 is 11.9 Å². The van der Waals surface area contributed by atoms with Gasteiger partial charge < -0.3 is 23.9 Å². The van der Waals surface area contributed by atoms with E-state index < -0.39 is 5.60 Å². The van der Waals surface area contributed by atoms with Crippen molar-refractivity contribution in [2.75, 3.05) is 38.6 Å². The van der Waals surface area contributed by atoms with E-state index in [-0.39, 0.29) is 40.9 Å². The van der Waals surface area contributed by atoms with Crippen molar-refractivity contribution in [1.82, 2.24) is 28.9 Å². The van der Waals surface area contributed by atoms with Gasteiger partial charge in [-0.25, -0.2) is 9.97 Å². The molecule has 4 aliphatic rings. The molecule has 2 aromatic carbocycles. The summed E-state index contributed by atoms with van der Waals surface area (Å²) in [6.45, 7) is 10.5. The van der Waals surface area contributed by atoms with E-state index in [1.807, 2.05) is 74.3 Å². The summed E-state index contributed by atoms with van der Waals surface area (Å²) in [7, 11) is 5.28. The summed E-state index contributed by atoms with van der Waals surface area (Å²) < 4.78 is 14.4.